The standard InChI is InChI=1S/C15H26N4O2/c1-17(2)10-14(20)18-5-7-19(8-6-18)15(21)12-9-11-3-4-13(12)16-11/h11-13,16H,3-10H2,1-2H3. The number of carbonyl (C=O) groups is 2. The third kappa shape index (κ3) is 3.06. The summed E-state index contributed by atoms with van der Waals surface area (Å²) in [6.45, 7) is 3.17. The molecule has 3 fully saturated rings. The van der Waals surface area contributed by atoms with E-state index in [1.807, 2.05) is 28.8 Å². The molecule has 3 saturated heterocycles. The molecule has 0 aromatic heterocycles. The molecule has 0 radical (unpaired) electrons. The number of carbonyl (C=O) groups excluding carboxylic acids is 2. The first-order valence-electron chi connectivity index (χ1n) is 8.02. The molecule has 0 spiro atoms. The van der Waals surface area contributed by atoms with Gasteiger partial charge < -0.3 is 20.0 Å². The van der Waals surface area contributed by atoms with Gasteiger partial charge in [0.2, 0.25) is 11.8 Å². The van der Waals surface area contributed by atoms with E-state index in [0.717, 1.165) is 12.8 Å². The van der Waals surface area contributed by atoms with Gasteiger partial charge in [0, 0.05) is 38.3 Å². The molecular formula is C15H26N4O2. The van der Waals surface area contributed by atoms with Crippen molar-refractivity contribution in [3.05, 3.63) is 0 Å². The molecule has 3 unspecified atom stereocenters. The summed E-state index contributed by atoms with van der Waals surface area (Å²) in [4.78, 5) is 30.4. The molecule has 118 valence electrons. The van der Waals surface area contributed by atoms with E-state index in [-0.39, 0.29) is 11.8 Å². The van der Waals surface area contributed by atoms with Gasteiger partial charge in [0.1, 0.15) is 0 Å². The van der Waals surface area contributed by atoms with E-state index in [4.69, 9.17) is 0 Å². The van der Waals surface area contributed by atoms with Gasteiger partial charge in [0.25, 0.3) is 0 Å². The molecule has 6 nitrogen and oxygen atoms in total. The van der Waals surface area contributed by atoms with E-state index in [0.29, 0.717) is 50.7 Å². The van der Waals surface area contributed by atoms with Crippen molar-refractivity contribution >= 4 is 11.8 Å². The van der Waals surface area contributed by atoms with Gasteiger partial charge >= 0.3 is 0 Å². The largest absolute Gasteiger partial charge is 0.339 e. The Morgan fingerprint density at radius 1 is 1.10 bits per heavy atom. The van der Waals surface area contributed by atoms with E-state index in [2.05, 4.69) is 5.32 Å². The van der Waals surface area contributed by atoms with Crippen LogP contribution in [0, 0.1) is 5.92 Å². The van der Waals surface area contributed by atoms with E-state index < -0.39 is 0 Å². The first-order chi connectivity index (χ1) is 10.0. The van der Waals surface area contributed by atoms with Gasteiger partial charge in [-0.1, -0.05) is 0 Å². The maximum absolute atomic E-state index is 12.6. The van der Waals surface area contributed by atoms with Crippen LogP contribution in [0.2, 0.25) is 0 Å². The molecule has 3 atom stereocenters. The number of piperazine rings is 1. The lowest BCUT2D eigenvalue weighted by Gasteiger charge is -2.37. The number of amides is 2. The van der Waals surface area contributed by atoms with Crippen LogP contribution in [0.4, 0.5) is 0 Å². The lowest BCUT2D eigenvalue weighted by molar-refractivity contribution is -0.142. The number of rotatable bonds is 3. The van der Waals surface area contributed by atoms with E-state index >= 15 is 0 Å². The van der Waals surface area contributed by atoms with Gasteiger partial charge in [-0.2, -0.15) is 0 Å². The van der Waals surface area contributed by atoms with Crippen molar-refractivity contribution in [3.63, 3.8) is 0 Å². The molecule has 3 rings (SSSR count). The number of hydrogen-bond acceptors (Lipinski definition) is 4. The Morgan fingerprint density at radius 3 is 2.29 bits per heavy atom. The zero-order valence-electron chi connectivity index (χ0n) is 13.0. The van der Waals surface area contributed by atoms with Crippen molar-refractivity contribution in [1.29, 1.82) is 0 Å². The molecule has 21 heavy (non-hydrogen) atoms. The quantitative estimate of drug-likeness (QED) is 0.752. The average molecular weight is 294 g/mol. The summed E-state index contributed by atoms with van der Waals surface area (Å²) in [7, 11) is 3.81. The highest BCUT2D eigenvalue weighted by molar-refractivity contribution is 5.81. The molecule has 3 aliphatic rings. The normalized spacial score (nSPS) is 32.0. The Kier molecular flexibility index (Phi) is 4.17. The first-order valence-corrected chi connectivity index (χ1v) is 8.02. The number of fused-ring (bicyclic) bond motifs is 2. The van der Waals surface area contributed by atoms with Crippen LogP contribution in [0.15, 0.2) is 0 Å². The minimum absolute atomic E-state index is 0.161. The zero-order valence-corrected chi connectivity index (χ0v) is 13.0. The summed E-state index contributed by atoms with van der Waals surface area (Å²) in [6, 6.07) is 0.961. The fraction of sp³-hybridized carbons (Fsp3) is 0.867. The van der Waals surface area contributed by atoms with E-state index in [1.165, 1.54) is 6.42 Å². The van der Waals surface area contributed by atoms with Crippen LogP contribution in [-0.2, 0) is 9.59 Å². The van der Waals surface area contributed by atoms with Gasteiger partial charge in [-0.25, -0.2) is 0 Å². The third-order valence-electron chi connectivity index (χ3n) is 5.01. The second-order valence-electron chi connectivity index (χ2n) is 6.83. The van der Waals surface area contributed by atoms with Crippen LogP contribution in [0.3, 0.4) is 0 Å². The SMILES string of the molecule is CN(C)CC(=O)N1CCN(C(=O)C2CC3CCC2N3)CC1. The third-order valence-corrected chi connectivity index (χ3v) is 5.01. The maximum Gasteiger partial charge on any atom is 0.236 e. The summed E-state index contributed by atoms with van der Waals surface area (Å²) >= 11 is 0. The summed E-state index contributed by atoms with van der Waals surface area (Å²) in [6.07, 6.45) is 3.37. The summed E-state index contributed by atoms with van der Waals surface area (Å²) in [5, 5.41) is 3.53. The molecular weight excluding hydrogens is 268 g/mol. The molecule has 0 aromatic rings. The monoisotopic (exact) mass is 294 g/mol. The van der Waals surface area contributed by atoms with Crippen LogP contribution in [0.1, 0.15) is 19.3 Å². The fourth-order valence-electron chi connectivity index (χ4n) is 3.88. The van der Waals surface area contributed by atoms with Crippen LogP contribution in [-0.4, -0.2) is 85.4 Å². The number of likely N-dealkylation sites (N-methyl/N-ethyl adjacent to an activating group) is 1. The molecule has 3 heterocycles. The Hall–Kier alpha value is -1.14. The Balaban J connectivity index is 1.49. The Bertz CT molecular complexity index is 418. The highest BCUT2D eigenvalue weighted by Crippen LogP contribution is 2.34. The van der Waals surface area contributed by atoms with Gasteiger partial charge in [-0.15, -0.1) is 0 Å². The highest BCUT2D eigenvalue weighted by Gasteiger charge is 2.44. The molecule has 2 bridgehead atoms. The maximum atomic E-state index is 12.6. The van der Waals surface area contributed by atoms with Gasteiger partial charge in [0.05, 0.1) is 12.5 Å². The van der Waals surface area contributed by atoms with Crippen molar-refractivity contribution in [2.45, 2.75) is 31.3 Å². The predicted molar refractivity (Wildman–Crippen MR) is 79.8 cm³/mol. The van der Waals surface area contributed by atoms with E-state index in [9.17, 15) is 9.59 Å². The lowest BCUT2D eigenvalue weighted by Crippen LogP contribution is -2.54. The summed E-state index contributed by atoms with van der Waals surface area (Å²) in [5.74, 6) is 0.635. The van der Waals surface area contributed by atoms with Crippen LogP contribution in [0.5, 0.6) is 0 Å². The van der Waals surface area contributed by atoms with Gasteiger partial charge in [-0.3, -0.25) is 9.59 Å². The first kappa shape index (κ1) is 14.8. The van der Waals surface area contributed by atoms with Crippen molar-refractivity contribution in [3.8, 4) is 0 Å². The summed E-state index contributed by atoms with van der Waals surface area (Å²) in [5.41, 5.74) is 0. The number of nitrogens with one attached hydrogen (secondary N) is 1. The van der Waals surface area contributed by atoms with Crippen molar-refractivity contribution in [1.82, 2.24) is 20.0 Å². The lowest BCUT2D eigenvalue weighted by atomic mass is 9.88. The molecule has 0 aromatic carbocycles. The van der Waals surface area contributed by atoms with Crippen LogP contribution in [0.25, 0.3) is 0 Å². The fourth-order valence-corrected chi connectivity index (χ4v) is 3.88. The van der Waals surface area contributed by atoms with Crippen molar-refractivity contribution in [2.75, 3.05) is 46.8 Å². The predicted octanol–water partition coefficient (Wildman–Crippen LogP) is -0.641. The molecule has 0 saturated carbocycles. The molecule has 6 heteroatoms. The summed E-state index contributed by atoms with van der Waals surface area (Å²) < 4.78 is 0. The number of hydrogen-bond donors (Lipinski definition) is 1. The minimum Gasteiger partial charge on any atom is -0.339 e. The highest BCUT2D eigenvalue weighted by atomic mass is 16.2. The minimum atomic E-state index is 0.161. The second kappa shape index (κ2) is 5.93. The van der Waals surface area contributed by atoms with Crippen molar-refractivity contribution < 1.29 is 9.59 Å². The zero-order chi connectivity index (χ0) is 15.0. The Labute approximate surface area is 126 Å². The molecule has 0 aliphatic carbocycles. The molecule has 3 aliphatic heterocycles. The van der Waals surface area contributed by atoms with Gasteiger partial charge in [-0.05, 0) is 33.4 Å². The number of nitrogens with zero attached hydrogens (tertiary/aromatic N) is 3. The van der Waals surface area contributed by atoms with Crippen molar-refractivity contribution in [2.24, 2.45) is 5.92 Å². The molecule has 1 N–H and O–H groups in total. The van der Waals surface area contributed by atoms with Crippen LogP contribution >= 0.6 is 0 Å². The topological polar surface area (TPSA) is 55.9 Å². The average Bonchev–Trinajstić information content (AvgIpc) is 3.08. The van der Waals surface area contributed by atoms with Gasteiger partial charge in [0.15, 0.2) is 0 Å². The van der Waals surface area contributed by atoms with Crippen LogP contribution < -0.4 is 5.32 Å². The molecule has 2 amide bonds. The Morgan fingerprint density at radius 2 is 1.76 bits per heavy atom. The second-order valence-corrected chi connectivity index (χ2v) is 6.83. The smallest absolute Gasteiger partial charge is 0.236 e. The van der Waals surface area contributed by atoms with E-state index in [1.54, 1.807) is 0 Å².